The fraction of sp³-hybridized carbons (Fsp3) is 0.0435. The molecule has 0 radical (unpaired) electrons. The van der Waals surface area contributed by atoms with E-state index in [0.29, 0.717) is 39.3 Å². The van der Waals surface area contributed by atoms with Crippen molar-refractivity contribution in [3.63, 3.8) is 0 Å². The summed E-state index contributed by atoms with van der Waals surface area (Å²) < 4.78 is 65.5. The molecule has 0 saturated carbocycles. The van der Waals surface area contributed by atoms with Gasteiger partial charge in [0.15, 0.2) is 11.6 Å². The number of halogens is 8. The number of terminal acetylenes is 1. The van der Waals surface area contributed by atoms with E-state index in [2.05, 4.69) is 71.4 Å². The van der Waals surface area contributed by atoms with E-state index < -0.39 is 30.0 Å². The number of benzene rings is 6. The fourth-order valence-electron chi connectivity index (χ4n) is 5.93. The first-order chi connectivity index (χ1) is 30.5. The van der Waals surface area contributed by atoms with E-state index in [1.54, 1.807) is 36.4 Å². The maximum Gasteiger partial charge on any atom is 0.416 e. The van der Waals surface area contributed by atoms with Gasteiger partial charge in [-0.25, -0.2) is 8.78 Å². The highest BCUT2D eigenvalue weighted by molar-refractivity contribution is 14.1. The number of hydrogen-bond acceptors (Lipinski definition) is 6. The summed E-state index contributed by atoms with van der Waals surface area (Å²) >= 11 is 13.8. The molecule has 0 aliphatic rings. The van der Waals surface area contributed by atoms with Crippen molar-refractivity contribution >= 4 is 102 Å². The second-order valence-corrected chi connectivity index (χ2v) is 15.4. The topological polar surface area (TPSA) is 168 Å². The van der Waals surface area contributed by atoms with Crippen LogP contribution < -0.4 is 22.1 Å². The third-order valence-electron chi connectivity index (χ3n) is 8.85. The fourth-order valence-corrected chi connectivity index (χ4v) is 7.18. The van der Waals surface area contributed by atoms with Gasteiger partial charge >= 0.3 is 6.18 Å². The Bertz CT molecular complexity index is 3140. The lowest BCUT2D eigenvalue weighted by Gasteiger charge is -2.11. The predicted octanol–water partition coefficient (Wildman–Crippen LogP) is 11.7. The molecular formula is C46H30Cl2F5IN8O2. The van der Waals surface area contributed by atoms with Crippen molar-refractivity contribution in [2.24, 2.45) is 0 Å². The molecule has 0 unspecified atom stereocenters. The Labute approximate surface area is 385 Å². The number of carbonyl (C=O) groups is 2. The average molecular weight is 1020 g/mol. The van der Waals surface area contributed by atoms with Gasteiger partial charge in [-0.3, -0.25) is 19.8 Å². The SMILES string of the molecule is C#Cc1cccc(C(=O)Nc2cc(Cl)cc(C(F)F)c2)c1.Nc1n[nH]c2cccc(C#Cc3cccc(C(=O)Nc4cc(Cl)cc(C(F)(F)F)c4)c3)c12.Nc1n[nH]c2cccc(I)c12. The van der Waals surface area contributed by atoms with E-state index in [0.717, 1.165) is 38.2 Å². The third kappa shape index (κ3) is 11.9. The minimum atomic E-state index is -4.58. The summed E-state index contributed by atoms with van der Waals surface area (Å²) in [5.74, 6) is 8.27. The minimum absolute atomic E-state index is 0.0616. The van der Waals surface area contributed by atoms with Crippen molar-refractivity contribution < 1.29 is 31.5 Å². The number of hydrogen-bond donors (Lipinski definition) is 6. The standard InChI is InChI=1S/C23H14ClF3N4O.C16H10ClF2NO.C7H6IN3/c24-17-10-16(23(25,26)27)11-18(12-17)29-22(32)15-5-1-3-13(9-15)7-8-14-4-2-6-19-20(14)21(28)31-30-19;1-2-10-4-3-5-11(6-10)16(21)20-14-8-12(15(18)19)7-13(17)9-14;8-4-2-1-3-5-6(4)7(9)11-10-5/h1-6,9-12H,(H,29,32)(H3,28,30,31);1,3-9,15H,(H,20,21);1-3H,(H3,9,10,11). The molecule has 10 nitrogen and oxygen atoms in total. The van der Waals surface area contributed by atoms with Crippen molar-refractivity contribution in [1.82, 2.24) is 20.4 Å². The van der Waals surface area contributed by atoms with E-state index in [-0.39, 0.29) is 32.5 Å². The van der Waals surface area contributed by atoms with Crippen LogP contribution in [0.15, 0.2) is 121 Å². The van der Waals surface area contributed by atoms with Gasteiger partial charge in [0.1, 0.15) is 0 Å². The number of nitrogen functional groups attached to an aromatic ring is 2. The molecule has 0 bridgehead atoms. The van der Waals surface area contributed by atoms with Gasteiger partial charge in [0.2, 0.25) is 0 Å². The first-order valence-electron chi connectivity index (χ1n) is 18.4. The summed E-state index contributed by atoms with van der Waals surface area (Å²) in [4.78, 5) is 24.6. The number of nitrogens with one attached hydrogen (secondary N) is 4. The average Bonchev–Trinajstić information content (AvgIpc) is 3.85. The molecule has 18 heteroatoms. The zero-order chi connectivity index (χ0) is 46.1. The normalized spacial score (nSPS) is 10.8. The van der Waals surface area contributed by atoms with Crippen molar-refractivity contribution in [1.29, 1.82) is 0 Å². The highest BCUT2D eigenvalue weighted by Gasteiger charge is 2.31. The lowest BCUT2D eigenvalue weighted by atomic mass is 10.1. The molecule has 0 aliphatic heterocycles. The van der Waals surface area contributed by atoms with Gasteiger partial charge in [0, 0.05) is 58.4 Å². The first-order valence-corrected chi connectivity index (χ1v) is 20.2. The molecule has 64 heavy (non-hydrogen) atoms. The molecule has 8 rings (SSSR count). The molecular weight excluding hydrogens is 989 g/mol. The number of aromatic amines is 2. The van der Waals surface area contributed by atoms with Crippen LogP contribution in [0.3, 0.4) is 0 Å². The Hall–Kier alpha value is -7.12. The van der Waals surface area contributed by atoms with Crippen molar-refractivity contribution in [3.05, 3.63) is 174 Å². The van der Waals surface area contributed by atoms with Crippen molar-refractivity contribution in [2.75, 3.05) is 22.1 Å². The van der Waals surface area contributed by atoms with Crippen LogP contribution in [0.5, 0.6) is 0 Å². The second-order valence-electron chi connectivity index (χ2n) is 13.4. The van der Waals surface area contributed by atoms with Crippen LogP contribution in [-0.2, 0) is 6.18 Å². The Morgan fingerprint density at radius 3 is 1.81 bits per heavy atom. The summed E-state index contributed by atoms with van der Waals surface area (Å²) in [7, 11) is 0. The molecule has 2 aromatic heterocycles. The van der Waals surface area contributed by atoms with Gasteiger partial charge in [-0.1, -0.05) is 65.2 Å². The largest absolute Gasteiger partial charge is 0.416 e. The molecule has 8 aromatic rings. The summed E-state index contributed by atoms with van der Waals surface area (Å²) in [5.41, 5.74) is 14.5. The van der Waals surface area contributed by atoms with E-state index in [1.165, 1.54) is 36.4 Å². The molecule has 0 spiro atoms. The Kier molecular flexibility index (Phi) is 14.8. The van der Waals surface area contributed by atoms with Crippen LogP contribution in [0.1, 0.15) is 55.0 Å². The number of nitrogens with two attached hydrogens (primary N) is 2. The molecule has 8 N–H and O–H groups in total. The zero-order valence-electron chi connectivity index (χ0n) is 32.6. The molecule has 2 heterocycles. The number of alkyl halides is 5. The number of nitrogens with zero attached hydrogens (tertiary/aromatic N) is 2. The number of H-pyrrole nitrogens is 2. The van der Waals surface area contributed by atoms with Gasteiger partial charge in [-0.15, -0.1) is 6.42 Å². The molecule has 322 valence electrons. The summed E-state index contributed by atoms with van der Waals surface area (Å²) in [6, 6.07) is 30.8. The third-order valence-corrected chi connectivity index (χ3v) is 10.2. The van der Waals surface area contributed by atoms with Gasteiger partial charge in [-0.05, 0) is 120 Å². The van der Waals surface area contributed by atoms with Crippen LogP contribution in [0.25, 0.3) is 21.8 Å². The molecule has 0 fully saturated rings. The maximum atomic E-state index is 13.0. The molecule has 0 aliphatic carbocycles. The molecule has 2 amide bonds. The number of fused-ring (bicyclic) bond motifs is 2. The second kappa shape index (κ2) is 20.4. The van der Waals surface area contributed by atoms with Gasteiger partial charge in [0.05, 0.1) is 27.4 Å². The molecule has 6 aromatic carbocycles. The number of amides is 2. The smallest absolute Gasteiger partial charge is 0.382 e. The quantitative estimate of drug-likeness (QED) is 0.0570. The van der Waals surface area contributed by atoms with E-state index in [1.807, 2.05) is 30.3 Å². The monoisotopic (exact) mass is 1020 g/mol. The minimum Gasteiger partial charge on any atom is -0.382 e. The Morgan fingerprint density at radius 1 is 0.688 bits per heavy atom. The van der Waals surface area contributed by atoms with Gasteiger partial charge < -0.3 is 22.1 Å². The highest BCUT2D eigenvalue weighted by atomic mass is 127. The summed E-state index contributed by atoms with van der Waals surface area (Å²) in [6.07, 6.45) is -1.98. The first kappa shape index (κ1) is 46.4. The van der Waals surface area contributed by atoms with Crippen LogP contribution in [0.4, 0.5) is 45.0 Å². The maximum absolute atomic E-state index is 13.0. The predicted molar refractivity (Wildman–Crippen MR) is 249 cm³/mol. The number of aromatic nitrogens is 4. The zero-order valence-corrected chi connectivity index (χ0v) is 36.3. The molecule has 0 saturated heterocycles. The Balaban J connectivity index is 0.000000181. The lowest BCUT2D eigenvalue weighted by molar-refractivity contribution is -0.137. The van der Waals surface area contributed by atoms with Crippen LogP contribution in [0, 0.1) is 27.8 Å². The molecule has 0 atom stereocenters. The highest BCUT2D eigenvalue weighted by Crippen LogP contribution is 2.34. The summed E-state index contributed by atoms with van der Waals surface area (Å²) in [5, 5.41) is 20.2. The van der Waals surface area contributed by atoms with Crippen molar-refractivity contribution in [2.45, 2.75) is 12.6 Å². The van der Waals surface area contributed by atoms with Crippen LogP contribution in [0.2, 0.25) is 10.0 Å². The van der Waals surface area contributed by atoms with E-state index in [4.69, 9.17) is 41.1 Å². The number of rotatable bonds is 5. The van der Waals surface area contributed by atoms with E-state index in [9.17, 15) is 31.5 Å². The number of anilines is 4. The lowest BCUT2D eigenvalue weighted by Crippen LogP contribution is -2.13. The van der Waals surface area contributed by atoms with E-state index >= 15 is 0 Å². The van der Waals surface area contributed by atoms with Crippen molar-refractivity contribution in [3.8, 4) is 24.2 Å². The summed E-state index contributed by atoms with van der Waals surface area (Å²) in [6.45, 7) is 0. The van der Waals surface area contributed by atoms with Crippen LogP contribution in [-0.4, -0.2) is 32.2 Å². The van der Waals surface area contributed by atoms with Gasteiger partial charge in [0.25, 0.3) is 18.2 Å². The Morgan fingerprint density at radius 2 is 1.22 bits per heavy atom. The van der Waals surface area contributed by atoms with Crippen LogP contribution >= 0.6 is 45.8 Å². The van der Waals surface area contributed by atoms with Gasteiger partial charge in [-0.2, -0.15) is 23.4 Å². The number of carbonyl (C=O) groups excluding carboxylic acids is 2.